The summed E-state index contributed by atoms with van der Waals surface area (Å²) in [6.45, 7) is 1.99. The molecule has 0 aliphatic rings. The summed E-state index contributed by atoms with van der Waals surface area (Å²) in [6, 6.07) is 0. The minimum Gasteiger partial charge on any atom is -0.461 e. The van der Waals surface area contributed by atoms with Gasteiger partial charge in [0.25, 0.3) is 0 Å². The molecule has 0 aromatic carbocycles. The molecule has 0 saturated carbocycles. The van der Waals surface area contributed by atoms with E-state index in [-0.39, 0.29) is 30.6 Å². The van der Waals surface area contributed by atoms with Gasteiger partial charge < -0.3 is 19.9 Å². The smallest absolute Gasteiger partial charge is 0.360 e. The van der Waals surface area contributed by atoms with Crippen molar-refractivity contribution in [2.24, 2.45) is 0 Å². The zero-order valence-corrected chi connectivity index (χ0v) is 10.1. The van der Waals surface area contributed by atoms with Crippen LogP contribution in [-0.2, 0) is 16.1 Å². The summed E-state index contributed by atoms with van der Waals surface area (Å²) < 4.78 is 6.20. The summed E-state index contributed by atoms with van der Waals surface area (Å²) in [5.41, 5.74) is 5.75. The van der Waals surface area contributed by atoms with Crippen LogP contribution in [0.5, 0.6) is 0 Å². The van der Waals surface area contributed by atoms with Crippen molar-refractivity contribution in [1.82, 2.24) is 14.5 Å². The fourth-order valence-electron chi connectivity index (χ4n) is 1.16. The molecule has 1 aromatic heterocycles. The van der Waals surface area contributed by atoms with Crippen molar-refractivity contribution in [3.05, 3.63) is 12.0 Å². The number of amides is 1. The largest absolute Gasteiger partial charge is 0.461 e. The predicted molar refractivity (Wildman–Crippen MR) is 61.3 cm³/mol. The molecule has 0 saturated heterocycles. The number of anilines is 1. The van der Waals surface area contributed by atoms with Crippen LogP contribution in [0.1, 0.15) is 17.4 Å². The third-order valence-corrected chi connectivity index (χ3v) is 2.15. The molecule has 0 aliphatic carbocycles. The summed E-state index contributed by atoms with van der Waals surface area (Å²) in [7, 11) is 3.28. The van der Waals surface area contributed by atoms with E-state index >= 15 is 0 Å². The van der Waals surface area contributed by atoms with Gasteiger partial charge in [0.05, 0.1) is 12.9 Å². The number of carbonyl (C=O) groups is 2. The molecule has 0 spiro atoms. The standard InChI is InChI=1S/C10H16N4O3/c1-4-17-10(16)8-9(11)14(6-12-8)5-7(15)13(2)3/h6H,4-5,11H2,1-3H3. The number of nitrogens with two attached hydrogens (primary N) is 1. The van der Waals surface area contributed by atoms with Crippen LogP contribution >= 0.6 is 0 Å². The highest BCUT2D eigenvalue weighted by Crippen LogP contribution is 2.11. The molecule has 94 valence electrons. The van der Waals surface area contributed by atoms with Gasteiger partial charge in [-0.2, -0.15) is 0 Å². The van der Waals surface area contributed by atoms with Crippen LogP contribution in [0.3, 0.4) is 0 Å². The highest BCUT2D eigenvalue weighted by molar-refractivity contribution is 5.92. The van der Waals surface area contributed by atoms with Gasteiger partial charge in [0, 0.05) is 14.1 Å². The van der Waals surface area contributed by atoms with E-state index in [1.54, 1.807) is 21.0 Å². The Bertz CT molecular complexity index is 425. The van der Waals surface area contributed by atoms with Gasteiger partial charge in [-0.1, -0.05) is 0 Å². The molecule has 1 aromatic rings. The minimum atomic E-state index is -0.582. The second kappa shape index (κ2) is 5.33. The zero-order chi connectivity index (χ0) is 13.0. The number of likely N-dealkylation sites (N-methyl/N-ethyl adjacent to an activating group) is 1. The number of carbonyl (C=O) groups excluding carboxylic acids is 2. The molecule has 1 rings (SSSR count). The lowest BCUT2D eigenvalue weighted by Gasteiger charge is -2.11. The Balaban J connectivity index is 2.84. The Morgan fingerprint density at radius 1 is 1.53 bits per heavy atom. The first-order valence-corrected chi connectivity index (χ1v) is 5.15. The van der Waals surface area contributed by atoms with E-state index in [4.69, 9.17) is 10.5 Å². The van der Waals surface area contributed by atoms with Crippen LogP contribution in [0.25, 0.3) is 0 Å². The molecule has 0 fully saturated rings. The molecule has 1 heterocycles. The molecule has 17 heavy (non-hydrogen) atoms. The van der Waals surface area contributed by atoms with E-state index in [2.05, 4.69) is 4.98 Å². The first kappa shape index (κ1) is 13.0. The lowest BCUT2D eigenvalue weighted by atomic mass is 10.4. The van der Waals surface area contributed by atoms with Crippen molar-refractivity contribution in [2.45, 2.75) is 13.5 Å². The average Bonchev–Trinajstić information content (AvgIpc) is 2.61. The van der Waals surface area contributed by atoms with Gasteiger partial charge in [-0.05, 0) is 6.92 Å². The van der Waals surface area contributed by atoms with Crippen molar-refractivity contribution in [3.8, 4) is 0 Å². The molecule has 2 N–H and O–H groups in total. The van der Waals surface area contributed by atoms with Crippen LogP contribution in [0.2, 0.25) is 0 Å². The van der Waals surface area contributed by atoms with Gasteiger partial charge >= 0.3 is 5.97 Å². The molecule has 7 heteroatoms. The topological polar surface area (TPSA) is 90.4 Å². The van der Waals surface area contributed by atoms with E-state index in [1.165, 1.54) is 15.8 Å². The fraction of sp³-hybridized carbons (Fsp3) is 0.500. The highest BCUT2D eigenvalue weighted by atomic mass is 16.5. The monoisotopic (exact) mass is 240 g/mol. The van der Waals surface area contributed by atoms with Crippen molar-refractivity contribution in [3.63, 3.8) is 0 Å². The Morgan fingerprint density at radius 2 is 2.18 bits per heavy atom. The average molecular weight is 240 g/mol. The Kier molecular flexibility index (Phi) is 4.08. The van der Waals surface area contributed by atoms with Crippen molar-refractivity contribution >= 4 is 17.7 Å². The first-order chi connectivity index (χ1) is 7.97. The number of nitrogen functional groups attached to an aromatic ring is 1. The Labute approximate surface area is 99.2 Å². The third-order valence-electron chi connectivity index (χ3n) is 2.15. The molecule has 1 amide bonds. The maximum atomic E-state index is 11.5. The van der Waals surface area contributed by atoms with Gasteiger partial charge in [0.2, 0.25) is 5.91 Å². The normalized spacial score (nSPS) is 10.1. The molecular weight excluding hydrogens is 224 g/mol. The number of hydrogen-bond donors (Lipinski definition) is 1. The summed E-state index contributed by atoms with van der Waals surface area (Å²) >= 11 is 0. The van der Waals surface area contributed by atoms with E-state index in [0.717, 1.165) is 0 Å². The lowest BCUT2D eigenvalue weighted by molar-refractivity contribution is -0.129. The summed E-state index contributed by atoms with van der Waals surface area (Å²) in [5, 5.41) is 0. The van der Waals surface area contributed by atoms with Crippen LogP contribution in [0.15, 0.2) is 6.33 Å². The molecule has 0 aliphatic heterocycles. The van der Waals surface area contributed by atoms with E-state index < -0.39 is 5.97 Å². The summed E-state index contributed by atoms with van der Waals surface area (Å²) in [5.74, 6) is -0.579. The molecule has 0 bridgehead atoms. The summed E-state index contributed by atoms with van der Waals surface area (Å²) in [6.07, 6.45) is 1.35. The van der Waals surface area contributed by atoms with Crippen LogP contribution in [-0.4, -0.2) is 47.0 Å². The number of hydrogen-bond acceptors (Lipinski definition) is 5. The maximum Gasteiger partial charge on any atom is 0.360 e. The SMILES string of the molecule is CCOC(=O)c1ncn(CC(=O)N(C)C)c1N. The zero-order valence-electron chi connectivity index (χ0n) is 10.1. The second-order valence-corrected chi connectivity index (χ2v) is 3.61. The fourth-order valence-corrected chi connectivity index (χ4v) is 1.16. The minimum absolute atomic E-state index is 0.0402. The molecular formula is C10H16N4O3. The lowest BCUT2D eigenvalue weighted by Crippen LogP contribution is -2.26. The van der Waals surface area contributed by atoms with Gasteiger partial charge in [-0.25, -0.2) is 9.78 Å². The molecule has 7 nitrogen and oxygen atoms in total. The number of aromatic nitrogens is 2. The Morgan fingerprint density at radius 3 is 2.71 bits per heavy atom. The third kappa shape index (κ3) is 2.96. The van der Waals surface area contributed by atoms with E-state index in [1.807, 2.05) is 0 Å². The van der Waals surface area contributed by atoms with Crippen LogP contribution in [0, 0.1) is 0 Å². The number of ether oxygens (including phenoxy) is 1. The van der Waals surface area contributed by atoms with Crippen molar-refractivity contribution in [2.75, 3.05) is 26.4 Å². The first-order valence-electron chi connectivity index (χ1n) is 5.15. The van der Waals surface area contributed by atoms with E-state index in [9.17, 15) is 9.59 Å². The molecule has 0 unspecified atom stereocenters. The predicted octanol–water partition coefficient (Wildman–Crippen LogP) is -0.270. The second-order valence-electron chi connectivity index (χ2n) is 3.61. The van der Waals surface area contributed by atoms with Gasteiger partial charge in [-0.15, -0.1) is 0 Å². The van der Waals surface area contributed by atoms with Gasteiger partial charge in [0.1, 0.15) is 12.4 Å². The van der Waals surface area contributed by atoms with Crippen LogP contribution in [0.4, 0.5) is 5.82 Å². The number of imidazole rings is 1. The molecule has 0 radical (unpaired) electrons. The Hall–Kier alpha value is -2.05. The molecule has 0 atom stereocenters. The quantitative estimate of drug-likeness (QED) is 0.731. The maximum absolute atomic E-state index is 11.5. The number of rotatable bonds is 4. The van der Waals surface area contributed by atoms with Crippen molar-refractivity contribution in [1.29, 1.82) is 0 Å². The van der Waals surface area contributed by atoms with Crippen LogP contribution < -0.4 is 5.73 Å². The van der Waals surface area contributed by atoms with E-state index in [0.29, 0.717) is 0 Å². The summed E-state index contributed by atoms with van der Waals surface area (Å²) in [4.78, 5) is 28.2. The number of nitrogens with zero attached hydrogens (tertiary/aromatic N) is 3. The van der Waals surface area contributed by atoms with Crippen molar-refractivity contribution < 1.29 is 14.3 Å². The van der Waals surface area contributed by atoms with Gasteiger partial charge in [0.15, 0.2) is 5.69 Å². The highest BCUT2D eigenvalue weighted by Gasteiger charge is 2.18. The number of esters is 1. The van der Waals surface area contributed by atoms with Gasteiger partial charge in [-0.3, -0.25) is 4.79 Å².